The molecule has 31 heavy (non-hydrogen) atoms. The molecule has 0 aromatic heterocycles. The third-order valence-corrected chi connectivity index (χ3v) is 6.20. The van der Waals surface area contributed by atoms with Gasteiger partial charge in [-0.2, -0.15) is 8.42 Å². The molecule has 0 amide bonds. The molecule has 0 aliphatic heterocycles. The van der Waals surface area contributed by atoms with Gasteiger partial charge in [0.15, 0.2) is 0 Å². The number of rotatable bonds is 7. The van der Waals surface area contributed by atoms with Crippen molar-refractivity contribution in [3.63, 3.8) is 0 Å². The van der Waals surface area contributed by atoms with Crippen molar-refractivity contribution in [2.24, 2.45) is 4.40 Å². The zero-order chi connectivity index (χ0) is 22.4. The van der Waals surface area contributed by atoms with E-state index < -0.39 is 22.0 Å². The van der Waals surface area contributed by atoms with Crippen molar-refractivity contribution in [1.82, 2.24) is 0 Å². The van der Waals surface area contributed by atoms with E-state index in [1.807, 2.05) is 25.1 Å². The minimum atomic E-state index is -4.04. The first-order chi connectivity index (χ1) is 14.9. The Labute approximate surface area is 182 Å². The Bertz CT molecular complexity index is 1140. The highest BCUT2D eigenvalue weighted by Crippen LogP contribution is 2.34. The van der Waals surface area contributed by atoms with Crippen molar-refractivity contribution < 1.29 is 23.0 Å². The van der Waals surface area contributed by atoms with Crippen LogP contribution in [0.5, 0.6) is 5.75 Å². The van der Waals surface area contributed by atoms with E-state index in [0.717, 1.165) is 5.56 Å². The minimum Gasteiger partial charge on any atom is -0.497 e. The largest absolute Gasteiger partial charge is 0.497 e. The first-order valence-corrected chi connectivity index (χ1v) is 11.1. The average Bonchev–Trinajstić information content (AvgIpc) is 2.79. The number of benzene rings is 3. The van der Waals surface area contributed by atoms with Crippen molar-refractivity contribution in [1.29, 1.82) is 0 Å². The highest BCUT2D eigenvalue weighted by atomic mass is 32.2. The number of hydrogen-bond donors (Lipinski definition) is 1. The second-order valence-corrected chi connectivity index (χ2v) is 8.64. The number of aryl methyl sites for hydroxylation is 1. The predicted octanol–water partition coefficient (Wildman–Crippen LogP) is 4.25. The molecule has 0 heterocycles. The lowest BCUT2D eigenvalue weighted by atomic mass is 9.89. The normalized spacial score (nSPS) is 14.0. The molecule has 0 aliphatic rings. The maximum atomic E-state index is 12.9. The van der Waals surface area contributed by atoms with Crippen LogP contribution >= 0.6 is 0 Å². The van der Waals surface area contributed by atoms with Gasteiger partial charge in [-0.3, -0.25) is 0 Å². The molecule has 0 bridgehead atoms. The van der Waals surface area contributed by atoms with Gasteiger partial charge in [-0.15, -0.1) is 4.40 Å². The van der Waals surface area contributed by atoms with Crippen LogP contribution in [0.15, 0.2) is 88.2 Å². The zero-order valence-electron chi connectivity index (χ0n) is 17.6. The van der Waals surface area contributed by atoms with Gasteiger partial charge in [-0.25, -0.2) is 0 Å². The fraction of sp³-hybridized carbons (Fsp3) is 0.208. The molecule has 2 atom stereocenters. The second-order valence-electron chi connectivity index (χ2n) is 7.03. The molecule has 162 valence electrons. The summed E-state index contributed by atoms with van der Waals surface area (Å²) in [4.78, 5) is 0.0512. The molecule has 0 saturated heterocycles. The van der Waals surface area contributed by atoms with Crippen LogP contribution in [0.2, 0.25) is 0 Å². The topological polar surface area (TPSA) is 85.2 Å². The minimum absolute atomic E-state index is 0.0512. The van der Waals surface area contributed by atoms with Gasteiger partial charge in [0.1, 0.15) is 5.75 Å². The van der Waals surface area contributed by atoms with Crippen molar-refractivity contribution in [2.45, 2.75) is 23.8 Å². The number of sulfonamides is 1. The van der Waals surface area contributed by atoms with Crippen LogP contribution in [0.4, 0.5) is 0 Å². The summed E-state index contributed by atoms with van der Waals surface area (Å²) in [6, 6.07) is 22.4. The van der Waals surface area contributed by atoms with Crippen LogP contribution in [0.3, 0.4) is 0 Å². The van der Waals surface area contributed by atoms with E-state index in [2.05, 4.69) is 4.40 Å². The van der Waals surface area contributed by atoms with Crippen LogP contribution < -0.4 is 4.74 Å². The first kappa shape index (κ1) is 22.5. The van der Waals surface area contributed by atoms with Crippen molar-refractivity contribution >= 4 is 15.9 Å². The quantitative estimate of drug-likeness (QED) is 0.439. The molecule has 0 unspecified atom stereocenters. The standard InChI is InChI=1S/C24H25NO5S/c1-17-12-14-21(15-13-17)31(27,28)25-24(30-3)22(18-8-5-4-6-9-18)23(26)19-10-7-11-20(16-19)29-2/h4-16,22-23,26H,1-3H3/b25-24-/t22-,23-/m1/s1. The third-order valence-electron chi connectivity index (χ3n) is 4.91. The SMILES string of the molecule is CO/C(=N\S(=O)(=O)c1ccc(C)cc1)[C@H](c1ccccc1)[C@H](O)c1cccc(OC)c1. The second kappa shape index (κ2) is 9.76. The van der Waals surface area contributed by atoms with E-state index >= 15 is 0 Å². The van der Waals surface area contributed by atoms with Crippen LogP contribution in [0.25, 0.3) is 0 Å². The van der Waals surface area contributed by atoms with Gasteiger partial charge in [0.2, 0.25) is 5.90 Å². The monoisotopic (exact) mass is 439 g/mol. The average molecular weight is 440 g/mol. The fourth-order valence-electron chi connectivity index (χ4n) is 3.24. The maximum absolute atomic E-state index is 12.9. The van der Waals surface area contributed by atoms with E-state index in [4.69, 9.17) is 9.47 Å². The lowest BCUT2D eigenvalue weighted by molar-refractivity contribution is 0.157. The van der Waals surface area contributed by atoms with Crippen molar-refractivity contribution in [3.05, 3.63) is 95.6 Å². The molecule has 7 heteroatoms. The van der Waals surface area contributed by atoms with Gasteiger partial charge < -0.3 is 14.6 Å². The maximum Gasteiger partial charge on any atom is 0.285 e. The Morgan fingerprint density at radius 2 is 1.55 bits per heavy atom. The van der Waals surface area contributed by atoms with E-state index in [1.54, 1.807) is 48.5 Å². The molecule has 0 saturated carbocycles. The van der Waals surface area contributed by atoms with Crippen LogP contribution in [0, 0.1) is 6.92 Å². The Hall–Kier alpha value is -3.16. The lowest BCUT2D eigenvalue weighted by Crippen LogP contribution is -2.23. The fourth-order valence-corrected chi connectivity index (χ4v) is 4.25. The molecule has 0 spiro atoms. The summed E-state index contributed by atoms with van der Waals surface area (Å²) in [5.41, 5.74) is 2.15. The highest BCUT2D eigenvalue weighted by Gasteiger charge is 2.31. The van der Waals surface area contributed by atoms with Gasteiger partial charge in [0.05, 0.1) is 31.1 Å². The molecule has 1 N–H and O–H groups in total. The van der Waals surface area contributed by atoms with Gasteiger partial charge >= 0.3 is 0 Å². The van der Waals surface area contributed by atoms with Gasteiger partial charge in [-0.1, -0.05) is 60.2 Å². The summed E-state index contributed by atoms with van der Waals surface area (Å²) >= 11 is 0. The van der Waals surface area contributed by atoms with E-state index in [-0.39, 0.29) is 10.8 Å². The van der Waals surface area contributed by atoms with Crippen molar-refractivity contribution in [2.75, 3.05) is 14.2 Å². The smallest absolute Gasteiger partial charge is 0.285 e. The van der Waals surface area contributed by atoms with Gasteiger partial charge in [0, 0.05) is 0 Å². The number of aliphatic hydroxyl groups is 1. The molecule has 6 nitrogen and oxygen atoms in total. The Kier molecular flexibility index (Phi) is 7.09. The summed E-state index contributed by atoms with van der Waals surface area (Å²) in [6.45, 7) is 1.87. The molecule has 3 rings (SSSR count). The number of aliphatic hydroxyl groups excluding tert-OH is 1. The number of ether oxygens (including phenoxy) is 2. The zero-order valence-corrected chi connectivity index (χ0v) is 18.4. The first-order valence-electron chi connectivity index (χ1n) is 9.68. The van der Waals surface area contributed by atoms with E-state index in [9.17, 15) is 13.5 Å². The molecule has 3 aromatic carbocycles. The predicted molar refractivity (Wildman–Crippen MR) is 120 cm³/mol. The molecule has 0 fully saturated rings. The molecule has 3 aromatic rings. The van der Waals surface area contributed by atoms with Crippen LogP contribution in [0.1, 0.15) is 28.7 Å². The number of hydrogen-bond acceptors (Lipinski definition) is 5. The Morgan fingerprint density at radius 3 is 2.16 bits per heavy atom. The van der Waals surface area contributed by atoms with Crippen LogP contribution in [-0.2, 0) is 14.8 Å². The molecule has 0 radical (unpaired) electrons. The van der Waals surface area contributed by atoms with E-state index in [1.165, 1.54) is 26.4 Å². The third kappa shape index (κ3) is 5.31. The van der Waals surface area contributed by atoms with Crippen molar-refractivity contribution in [3.8, 4) is 5.75 Å². The molecule has 0 aliphatic carbocycles. The summed E-state index contributed by atoms with van der Waals surface area (Å²) in [7, 11) is -1.16. The highest BCUT2D eigenvalue weighted by molar-refractivity contribution is 7.90. The summed E-state index contributed by atoms with van der Waals surface area (Å²) in [6.07, 6.45) is -1.12. The van der Waals surface area contributed by atoms with E-state index in [0.29, 0.717) is 16.9 Å². The van der Waals surface area contributed by atoms with Crippen LogP contribution in [-0.4, -0.2) is 33.6 Å². The molecular formula is C24H25NO5S. The number of methoxy groups -OCH3 is 2. The molecular weight excluding hydrogens is 414 g/mol. The summed E-state index contributed by atoms with van der Waals surface area (Å²) in [5, 5.41) is 11.2. The summed E-state index contributed by atoms with van der Waals surface area (Å²) in [5.74, 6) is -0.382. The van der Waals surface area contributed by atoms with Gasteiger partial charge in [0.25, 0.3) is 10.0 Å². The summed E-state index contributed by atoms with van der Waals surface area (Å²) < 4.78 is 40.5. The number of nitrogens with zero attached hydrogens (tertiary/aromatic N) is 1. The Balaban J connectivity index is 2.10. The lowest BCUT2D eigenvalue weighted by Gasteiger charge is -2.24. The Morgan fingerprint density at radius 1 is 0.903 bits per heavy atom. The van der Waals surface area contributed by atoms with Gasteiger partial charge in [-0.05, 0) is 42.3 Å².